The lowest BCUT2D eigenvalue weighted by atomic mass is 10.0. The number of amides is 2. The molecule has 3 rings (SSSR count). The summed E-state index contributed by atoms with van der Waals surface area (Å²) < 4.78 is 5.16. The topological polar surface area (TPSA) is 100 Å². The third kappa shape index (κ3) is 3.79. The first-order chi connectivity index (χ1) is 11.5. The minimum absolute atomic E-state index is 0.00713. The molecule has 0 saturated carbocycles. The second-order valence-electron chi connectivity index (χ2n) is 5.34. The molecule has 2 amide bonds. The molecule has 7 nitrogen and oxygen atoms in total. The number of carbonyl (C=O) groups excluding carboxylic acids is 1. The Morgan fingerprint density at radius 2 is 2.29 bits per heavy atom. The van der Waals surface area contributed by atoms with Crippen LogP contribution in [0.5, 0.6) is 0 Å². The minimum atomic E-state index is -1.29. The van der Waals surface area contributed by atoms with Crippen molar-refractivity contribution in [3.63, 3.8) is 0 Å². The number of pyridine rings is 1. The number of thiazole rings is 1. The number of nitrogens with zero attached hydrogens (tertiary/aromatic N) is 2. The number of aliphatic hydroxyl groups is 1. The van der Waals surface area contributed by atoms with Crippen LogP contribution in [0.3, 0.4) is 0 Å². The molecule has 0 saturated heterocycles. The molecule has 0 bridgehead atoms. The lowest BCUT2D eigenvalue weighted by molar-refractivity contribution is 0.0372. The quantitative estimate of drug-likeness (QED) is 0.661. The lowest BCUT2D eigenvalue weighted by Crippen LogP contribution is -2.40. The van der Waals surface area contributed by atoms with Crippen LogP contribution in [0.15, 0.2) is 52.7 Å². The molecule has 3 heterocycles. The summed E-state index contributed by atoms with van der Waals surface area (Å²) in [5.74, 6) is 0.385. The van der Waals surface area contributed by atoms with Crippen molar-refractivity contribution < 1.29 is 14.3 Å². The zero-order valence-corrected chi connectivity index (χ0v) is 13.7. The average molecular weight is 344 g/mol. The van der Waals surface area contributed by atoms with E-state index in [1.807, 2.05) is 17.5 Å². The Bertz CT molecular complexity index is 800. The van der Waals surface area contributed by atoms with Crippen molar-refractivity contribution in [3.05, 3.63) is 54.1 Å². The van der Waals surface area contributed by atoms with E-state index in [9.17, 15) is 9.90 Å². The predicted octanol–water partition coefficient (Wildman–Crippen LogP) is 2.83. The second-order valence-corrected chi connectivity index (χ2v) is 6.20. The molecule has 0 aliphatic rings. The van der Waals surface area contributed by atoms with Crippen molar-refractivity contribution in [2.45, 2.75) is 12.5 Å². The number of anilines is 1. The Morgan fingerprint density at radius 3 is 3.00 bits per heavy atom. The molecule has 124 valence electrons. The van der Waals surface area contributed by atoms with Gasteiger partial charge in [-0.05, 0) is 31.2 Å². The van der Waals surface area contributed by atoms with Crippen molar-refractivity contribution in [2.24, 2.45) is 0 Å². The van der Waals surface area contributed by atoms with Crippen molar-refractivity contribution in [1.29, 1.82) is 0 Å². The molecule has 3 aromatic heterocycles. The summed E-state index contributed by atoms with van der Waals surface area (Å²) in [6.07, 6.45) is 4.87. The van der Waals surface area contributed by atoms with E-state index in [1.165, 1.54) is 17.6 Å². The van der Waals surface area contributed by atoms with Gasteiger partial charge in [-0.15, -0.1) is 11.3 Å². The minimum Gasteiger partial charge on any atom is -0.466 e. The highest BCUT2D eigenvalue weighted by molar-refractivity contribution is 7.14. The van der Waals surface area contributed by atoms with E-state index in [1.54, 1.807) is 31.5 Å². The van der Waals surface area contributed by atoms with Crippen LogP contribution < -0.4 is 10.6 Å². The molecule has 1 unspecified atom stereocenters. The third-order valence-electron chi connectivity index (χ3n) is 3.33. The van der Waals surface area contributed by atoms with E-state index in [0.29, 0.717) is 10.9 Å². The standard InChI is InChI=1S/C16H16N4O3S/c1-16(22,13-5-3-7-23-13)10-18-14(21)20-15-19-12(9-24-15)11-4-2-6-17-8-11/h2-9,22H,10H2,1H3,(H2,18,19,20,21). The fourth-order valence-corrected chi connectivity index (χ4v) is 2.76. The lowest BCUT2D eigenvalue weighted by Gasteiger charge is -2.20. The van der Waals surface area contributed by atoms with Gasteiger partial charge in [0.15, 0.2) is 5.13 Å². The van der Waals surface area contributed by atoms with E-state index in [-0.39, 0.29) is 6.54 Å². The van der Waals surface area contributed by atoms with Crippen LogP contribution in [0.1, 0.15) is 12.7 Å². The van der Waals surface area contributed by atoms with Crippen LogP contribution in [-0.4, -0.2) is 27.7 Å². The maximum atomic E-state index is 12.0. The van der Waals surface area contributed by atoms with Gasteiger partial charge in [0, 0.05) is 23.3 Å². The van der Waals surface area contributed by atoms with Crippen LogP contribution in [-0.2, 0) is 5.60 Å². The van der Waals surface area contributed by atoms with Crippen molar-refractivity contribution >= 4 is 22.5 Å². The van der Waals surface area contributed by atoms with Crippen LogP contribution in [0.4, 0.5) is 9.93 Å². The van der Waals surface area contributed by atoms with E-state index in [0.717, 1.165) is 11.3 Å². The second kappa shape index (κ2) is 6.81. The van der Waals surface area contributed by atoms with Gasteiger partial charge in [-0.1, -0.05) is 0 Å². The summed E-state index contributed by atoms with van der Waals surface area (Å²) in [5, 5.41) is 17.8. The molecule has 8 heteroatoms. The molecule has 0 aliphatic heterocycles. The van der Waals surface area contributed by atoms with Crippen LogP contribution in [0, 0.1) is 0 Å². The van der Waals surface area contributed by atoms with Gasteiger partial charge in [-0.25, -0.2) is 9.78 Å². The highest BCUT2D eigenvalue weighted by Crippen LogP contribution is 2.24. The molecular formula is C16H16N4O3S. The van der Waals surface area contributed by atoms with Gasteiger partial charge in [0.05, 0.1) is 18.5 Å². The number of hydrogen-bond acceptors (Lipinski definition) is 6. The molecule has 1 atom stereocenters. The Balaban J connectivity index is 1.57. The molecule has 0 spiro atoms. The molecule has 0 fully saturated rings. The number of aromatic nitrogens is 2. The number of hydrogen-bond donors (Lipinski definition) is 3. The van der Waals surface area contributed by atoms with Gasteiger partial charge in [-0.2, -0.15) is 0 Å². The van der Waals surface area contributed by atoms with Gasteiger partial charge in [-0.3, -0.25) is 10.3 Å². The number of urea groups is 1. The van der Waals surface area contributed by atoms with Gasteiger partial charge >= 0.3 is 6.03 Å². The number of rotatable bonds is 5. The SMILES string of the molecule is CC(O)(CNC(=O)Nc1nc(-c2cccnc2)cs1)c1ccco1. The summed E-state index contributed by atoms with van der Waals surface area (Å²) >= 11 is 1.31. The summed E-state index contributed by atoms with van der Waals surface area (Å²) in [5.41, 5.74) is 0.332. The summed E-state index contributed by atoms with van der Waals surface area (Å²) in [6.45, 7) is 1.57. The van der Waals surface area contributed by atoms with Crippen molar-refractivity contribution in [2.75, 3.05) is 11.9 Å². The Labute approximate surface area is 142 Å². The first-order valence-corrected chi connectivity index (χ1v) is 8.10. The molecule has 0 aliphatic carbocycles. The van der Waals surface area contributed by atoms with Crippen LogP contribution >= 0.6 is 11.3 Å². The van der Waals surface area contributed by atoms with E-state index >= 15 is 0 Å². The van der Waals surface area contributed by atoms with Crippen LogP contribution in [0.2, 0.25) is 0 Å². The molecule has 0 radical (unpaired) electrons. The monoisotopic (exact) mass is 344 g/mol. The molecule has 3 N–H and O–H groups in total. The molecular weight excluding hydrogens is 328 g/mol. The summed E-state index contributed by atoms with van der Waals surface area (Å²) in [7, 11) is 0. The Kier molecular flexibility index (Phi) is 4.59. The van der Waals surface area contributed by atoms with Crippen LogP contribution in [0.25, 0.3) is 11.3 Å². The number of nitrogens with one attached hydrogen (secondary N) is 2. The number of carbonyl (C=O) groups is 1. The Morgan fingerprint density at radius 1 is 1.42 bits per heavy atom. The maximum Gasteiger partial charge on any atom is 0.321 e. The average Bonchev–Trinajstić information content (AvgIpc) is 3.26. The van der Waals surface area contributed by atoms with Gasteiger partial charge < -0.3 is 14.8 Å². The molecule has 0 aromatic carbocycles. The van der Waals surface area contributed by atoms with Crippen molar-refractivity contribution in [1.82, 2.24) is 15.3 Å². The largest absolute Gasteiger partial charge is 0.466 e. The normalized spacial score (nSPS) is 13.2. The fourth-order valence-electron chi connectivity index (χ4n) is 2.04. The molecule has 3 aromatic rings. The highest BCUT2D eigenvalue weighted by atomic mass is 32.1. The number of furan rings is 1. The first-order valence-electron chi connectivity index (χ1n) is 7.22. The zero-order chi connectivity index (χ0) is 17.0. The predicted molar refractivity (Wildman–Crippen MR) is 90.6 cm³/mol. The summed E-state index contributed by atoms with van der Waals surface area (Å²) in [4.78, 5) is 20.3. The van der Waals surface area contributed by atoms with Crippen molar-refractivity contribution in [3.8, 4) is 11.3 Å². The van der Waals surface area contributed by atoms with E-state index in [2.05, 4.69) is 20.6 Å². The van der Waals surface area contributed by atoms with Gasteiger partial charge in [0.25, 0.3) is 0 Å². The highest BCUT2D eigenvalue weighted by Gasteiger charge is 2.26. The van der Waals surface area contributed by atoms with E-state index < -0.39 is 11.6 Å². The van der Waals surface area contributed by atoms with Gasteiger partial charge in [0.2, 0.25) is 0 Å². The smallest absolute Gasteiger partial charge is 0.321 e. The fraction of sp³-hybridized carbons (Fsp3) is 0.188. The third-order valence-corrected chi connectivity index (χ3v) is 4.08. The zero-order valence-electron chi connectivity index (χ0n) is 12.9. The summed E-state index contributed by atoms with van der Waals surface area (Å²) in [6, 6.07) is 6.60. The van der Waals surface area contributed by atoms with E-state index in [4.69, 9.17) is 4.42 Å². The van der Waals surface area contributed by atoms with Gasteiger partial charge in [0.1, 0.15) is 11.4 Å². The molecule has 24 heavy (non-hydrogen) atoms. The first kappa shape index (κ1) is 16.2. The maximum absolute atomic E-state index is 12.0. The Hall–Kier alpha value is -2.71.